The summed E-state index contributed by atoms with van der Waals surface area (Å²) in [5.74, 6) is 0.872. The molecule has 0 saturated carbocycles. The number of ether oxygens (including phenoxy) is 2. The van der Waals surface area contributed by atoms with Gasteiger partial charge in [-0.15, -0.1) is 0 Å². The highest BCUT2D eigenvalue weighted by atomic mass is 16.5. The van der Waals surface area contributed by atoms with Crippen molar-refractivity contribution in [3.63, 3.8) is 0 Å². The van der Waals surface area contributed by atoms with E-state index in [1.54, 1.807) is 0 Å². The molecule has 0 unspecified atom stereocenters. The molecule has 78 valence electrons. The Hall–Kier alpha value is -1.06. The monoisotopic (exact) mass is 195 g/mol. The molecule has 0 fully saturated rings. The van der Waals surface area contributed by atoms with Gasteiger partial charge in [-0.05, 0) is 19.1 Å². The zero-order valence-corrected chi connectivity index (χ0v) is 8.48. The quantitative estimate of drug-likeness (QED) is 0.698. The molecule has 0 amide bonds. The van der Waals surface area contributed by atoms with Gasteiger partial charge in [0.15, 0.2) is 0 Å². The topological polar surface area (TPSA) is 44.5 Å². The Kier molecular flexibility index (Phi) is 5.04. The number of hydrogen-bond acceptors (Lipinski definition) is 3. The molecule has 3 nitrogen and oxygen atoms in total. The Morgan fingerprint density at radius 2 is 1.93 bits per heavy atom. The molecular formula is C11H17NO2. The van der Waals surface area contributed by atoms with Crippen LogP contribution in [-0.2, 0) is 4.74 Å². The second kappa shape index (κ2) is 6.40. The lowest BCUT2D eigenvalue weighted by Crippen LogP contribution is -2.23. The van der Waals surface area contributed by atoms with Gasteiger partial charge in [-0.25, -0.2) is 0 Å². The number of para-hydroxylation sites is 1. The van der Waals surface area contributed by atoms with Gasteiger partial charge in [-0.2, -0.15) is 0 Å². The van der Waals surface area contributed by atoms with Crippen LogP contribution in [0.3, 0.4) is 0 Å². The number of hydrogen-bond donors (Lipinski definition) is 1. The first-order chi connectivity index (χ1) is 6.79. The van der Waals surface area contributed by atoms with Crippen LogP contribution in [-0.4, -0.2) is 25.9 Å². The van der Waals surface area contributed by atoms with E-state index in [2.05, 4.69) is 0 Å². The molecule has 0 spiro atoms. The summed E-state index contributed by atoms with van der Waals surface area (Å²) in [6.07, 6.45) is 0. The summed E-state index contributed by atoms with van der Waals surface area (Å²) in [6.45, 7) is 3.64. The third-order valence-electron chi connectivity index (χ3n) is 1.62. The molecule has 0 aliphatic carbocycles. The maximum Gasteiger partial charge on any atom is 0.119 e. The molecule has 0 aliphatic heterocycles. The molecule has 0 heterocycles. The molecular weight excluding hydrogens is 178 g/mol. The summed E-state index contributed by atoms with van der Waals surface area (Å²) in [5, 5.41) is 0. The van der Waals surface area contributed by atoms with Gasteiger partial charge in [0.25, 0.3) is 0 Å². The first kappa shape index (κ1) is 11.0. The molecule has 0 bridgehead atoms. The van der Waals surface area contributed by atoms with E-state index in [4.69, 9.17) is 15.2 Å². The average Bonchev–Trinajstić information content (AvgIpc) is 2.18. The van der Waals surface area contributed by atoms with Crippen molar-refractivity contribution in [2.75, 3.05) is 19.8 Å². The minimum absolute atomic E-state index is 0.0896. The van der Waals surface area contributed by atoms with Crippen LogP contribution in [0.4, 0.5) is 0 Å². The van der Waals surface area contributed by atoms with Crippen LogP contribution < -0.4 is 10.5 Å². The van der Waals surface area contributed by atoms with Crippen molar-refractivity contribution in [1.82, 2.24) is 0 Å². The van der Waals surface area contributed by atoms with Crippen LogP contribution >= 0.6 is 0 Å². The lowest BCUT2D eigenvalue weighted by molar-refractivity contribution is 0.0931. The van der Waals surface area contributed by atoms with Crippen molar-refractivity contribution in [2.24, 2.45) is 5.73 Å². The third-order valence-corrected chi connectivity index (χ3v) is 1.62. The van der Waals surface area contributed by atoms with E-state index in [-0.39, 0.29) is 6.04 Å². The van der Waals surface area contributed by atoms with E-state index in [9.17, 15) is 0 Å². The van der Waals surface area contributed by atoms with Crippen LogP contribution in [0.2, 0.25) is 0 Å². The fraction of sp³-hybridized carbons (Fsp3) is 0.455. The van der Waals surface area contributed by atoms with Crippen molar-refractivity contribution >= 4 is 0 Å². The summed E-state index contributed by atoms with van der Waals surface area (Å²) >= 11 is 0. The molecule has 0 aliphatic rings. The lowest BCUT2D eigenvalue weighted by atomic mass is 10.3. The predicted molar refractivity (Wildman–Crippen MR) is 56.4 cm³/mol. The molecule has 14 heavy (non-hydrogen) atoms. The van der Waals surface area contributed by atoms with Crippen molar-refractivity contribution < 1.29 is 9.47 Å². The van der Waals surface area contributed by atoms with E-state index in [1.165, 1.54) is 0 Å². The standard InChI is InChI=1S/C11H17NO2/c1-10(12)9-13-7-8-14-11-5-3-2-4-6-11/h2-6,10H,7-9,12H2,1H3/t10-/m0/s1. The second-order valence-corrected chi connectivity index (χ2v) is 3.21. The van der Waals surface area contributed by atoms with Crippen LogP contribution in [0.1, 0.15) is 6.92 Å². The zero-order valence-electron chi connectivity index (χ0n) is 8.48. The van der Waals surface area contributed by atoms with Crippen molar-refractivity contribution in [3.05, 3.63) is 30.3 Å². The number of rotatable bonds is 6. The second-order valence-electron chi connectivity index (χ2n) is 3.21. The van der Waals surface area contributed by atoms with Gasteiger partial charge in [0.1, 0.15) is 12.4 Å². The van der Waals surface area contributed by atoms with Gasteiger partial charge < -0.3 is 15.2 Å². The highest BCUT2D eigenvalue weighted by molar-refractivity contribution is 5.20. The van der Waals surface area contributed by atoms with E-state index < -0.39 is 0 Å². The van der Waals surface area contributed by atoms with Gasteiger partial charge in [-0.3, -0.25) is 0 Å². The normalized spacial score (nSPS) is 12.4. The summed E-state index contributed by atoms with van der Waals surface area (Å²) in [7, 11) is 0. The summed E-state index contributed by atoms with van der Waals surface area (Å²) < 4.78 is 10.7. The summed E-state index contributed by atoms with van der Waals surface area (Å²) in [6, 6.07) is 9.78. The summed E-state index contributed by atoms with van der Waals surface area (Å²) in [5.41, 5.74) is 5.52. The average molecular weight is 195 g/mol. The minimum atomic E-state index is 0.0896. The zero-order chi connectivity index (χ0) is 10.2. The maximum absolute atomic E-state index is 5.52. The maximum atomic E-state index is 5.52. The van der Waals surface area contributed by atoms with Gasteiger partial charge in [0.05, 0.1) is 13.2 Å². The van der Waals surface area contributed by atoms with Crippen LogP contribution in [0.25, 0.3) is 0 Å². The van der Waals surface area contributed by atoms with Gasteiger partial charge in [0, 0.05) is 6.04 Å². The first-order valence-electron chi connectivity index (χ1n) is 4.80. The molecule has 1 aromatic carbocycles. The Balaban J connectivity index is 2.05. The van der Waals surface area contributed by atoms with Crippen molar-refractivity contribution in [1.29, 1.82) is 0 Å². The van der Waals surface area contributed by atoms with E-state index in [0.29, 0.717) is 19.8 Å². The van der Waals surface area contributed by atoms with E-state index in [0.717, 1.165) is 5.75 Å². The Labute approximate surface area is 84.8 Å². The fourth-order valence-corrected chi connectivity index (χ4v) is 1.00. The SMILES string of the molecule is C[C@H](N)COCCOc1ccccc1. The molecule has 0 aromatic heterocycles. The largest absolute Gasteiger partial charge is 0.491 e. The van der Waals surface area contributed by atoms with E-state index >= 15 is 0 Å². The predicted octanol–water partition coefficient (Wildman–Crippen LogP) is 1.43. The van der Waals surface area contributed by atoms with Crippen LogP contribution in [0.15, 0.2) is 30.3 Å². The lowest BCUT2D eigenvalue weighted by Gasteiger charge is -2.08. The Morgan fingerprint density at radius 3 is 2.57 bits per heavy atom. The smallest absolute Gasteiger partial charge is 0.119 e. The van der Waals surface area contributed by atoms with Gasteiger partial charge in [0.2, 0.25) is 0 Å². The van der Waals surface area contributed by atoms with Crippen molar-refractivity contribution in [3.8, 4) is 5.75 Å². The minimum Gasteiger partial charge on any atom is -0.491 e. The van der Waals surface area contributed by atoms with Gasteiger partial charge >= 0.3 is 0 Å². The number of benzene rings is 1. The van der Waals surface area contributed by atoms with Gasteiger partial charge in [-0.1, -0.05) is 18.2 Å². The fourth-order valence-electron chi connectivity index (χ4n) is 1.00. The Morgan fingerprint density at radius 1 is 1.21 bits per heavy atom. The first-order valence-corrected chi connectivity index (χ1v) is 4.80. The third kappa shape index (κ3) is 4.84. The molecule has 3 heteroatoms. The van der Waals surface area contributed by atoms with Crippen molar-refractivity contribution in [2.45, 2.75) is 13.0 Å². The highest BCUT2D eigenvalue weighted by Crippen LogP contribution is 2.07. The molecule has 0 saturated heterocycles. The molecule has 1 atom stereocenters. The summed E-state index contributed by atoms with van der Waals surface area (Å²) in [4.78, 5) is 0. The molecule has 1 rings (SSSR count). The molecule has 1 aromatic rings. The Bertz CT molecular complexity index is 236. The van der Waals surface area contributed by atoms with E-state index in [1.807, 2.05) is 37.3 Å². The molecule has 0 radical (unpaired) electrons. The van der Waals surface area contributed by atoms with Crippen LogP contribution in [0.5, 0.6) is 5.75 Å². The molecule has 2 N–H and O–H groups in total. The number of nitrogens with two attached hydrogens (primary N) is 1. The van der Waals surface area contributed by atoms with Crippen LogP contribution in [0, 0.1) is 0 Å². The highest BCUT2D eigenvalue weighted by Gasteiger charge is 1.94.